The van der Waals surface area contributed by atoms with E-state index in [2.05, 4.69) is 10.3 Å². The van der Waals surface area contributed by atoms with Gasteiger partial charge in [0.05, 0.1) is 26.7 Å². The third kappa shape index (κ3) is 5.54. The van der Waals surface area contributed by atoms with Crippen LogP contribution < -0.4 is 10.2 Å². The van der Waals surface area contributed by atoms with Crippen molar-refractivity contribution in [1.82, 2.24) is 10.3 Å². The van der Waals surface area contributed by atoms with E-state index in [9.17, 15) is 10.1 Å². The Morgan fingerprint density at radius 3 is 2.34 bits per heavy atom. The van der Waals surface area contributed by atoms with Crippen LogP contribution in [-0.2, 0) is 0 Å². The molecule has 1 aliphatic rings. The van der Waals surface area contributed by atoms with E-state index in [1.807, 2.05) is 71.6 Å². The monoisotopic (exact) mass is 618 g/mol. The molecule has 5 aromatic rings. The van der Waals surface area contributed by atoms with Gasteiger partial charge in [-0.1, -0.05) is 47.1 Å². The maximum atomic E-state index is 11.0. The Balaban J connectivity index is 1.33. The summed E-state index contributed by atoms with van der Waals surface area (Å²) < 4.78 is 6.41. The average molecular weight is 620 g/mol. The number of hydrogen-bond donors (Lipinski definition) is 1. The summed E-state index contributed by atoms with van der Waals surface area (Å²) in [6.45, 7) is 0. The molecule has 7 nitrogen and oxygen atoms in total. The highest BCUT2D eigenvalue weighted by atomic mass is 35.5. The first-order valence-corrected chi connectivity index (χ1v) is 14.4. The number of nitro groups is 1. The number of rotatable bonds is 7. The summed E-state index contributed by atoms with van der Waals surface area (Å²) in [5.74, 6) is 1.28. The number of anilines is 1. The molecule has 2 aromatic heterocycles. The van der Waals surface area contributed by atoms with Gasteiger partial charge in [0.25, 0.3) is 5.69 Å². The molecular weight excluding hydrogens is 599 g/mol. The Morgan fingerprint density at radius 1 is 0.927 bits per heavy atom. The van der Waals surface area contributed by atoms with Crippen molar-refractivity contribution in [1.29, 1.82) is 0 Å². The molecule has 0 unspecified atom stereocenters. The van der Waals surface area contributed by atoms with E-state index < -0.39 is 4.92 Å². The third-order valence-electron chi connectivity index (χ3n) is 6.63. The predicted octanol–water partition coefficient (Wildman–Crippen LogP) is 8.88. The van der Waals surface area contributed by atoms with E-state index >= 15 is 0 Å². The van der Waals surface area contributed by atoms with E-state index in [0.29, 0.717) is 32.2 Å². The zero-order valence-electron chi connectivity index (χ0n) is 21.1. The fourth-order valence-electron chi connectivity index (χ4n) is 4.72. The van der Waals surface area contributed by atoms with Gasteiger partial charge in [-0.2, -0.15) is 0 Å². The maximum Gasteiger partial charge on any atom is 0.269 e. The number of halogens is 2. The minimum atomic E-state index is -0.406. The Bertz CT molecular complexity index is 1730. The SMILES string of the molecule is O=[N+]([O-])c1ccc(Sc2ccc(N3C(=S)N[C@@H](c4ccccn4)[C@@H]3c3ccc(-c4cccc(Cl)c4Cl)o3)cc2)cc1. The quantitative estimate of drug-likeness (QED) is 0.110. The van der Waals surface area contributed by atoms with E-state index in [-0.39, 0.29) is 17.8 Å². The zero-order chi connectivity index (χ0) is 28.5. The van der Waals surface area contributed by atoms with Crippen molar-refractivity contribution in [3.05, 3.63) is 135 Å². The number of furan rings is 1. The fourth-order valence-corrected chi connectivity index (χ4v) is 6.28. The molecule has 0 saturated carbocycles. The second-order valence-corrected chi connectivity index (χ2v) is 11.5. The molecule has 6 rings (SSSR count). The zero-order valence-corrected chi connectivity index (χ0v) is 24.3. The van der Waals surface area contributed by atoms with Gasteiger partial charge in [0.15, 0.2) is 5.11 Å². The van der Waals surface area contributed by atoms with E-state index in [1.54, 1.807) is 24.4 Å². The molecule has 41 heavy (non-hydrogen) atoms. The molecule has 1 fully saturated rings. The summed E-state index contributed by atoms with van der Waals surface area (Å²) in [4.78, 5) is 19.1. The molecule has 3 heterocycles. The van der Waals surface area contributed by atoms with Crippen molar-refractivity contribution in [3.63, 3.8) is 0 Å². The van der Waals surface area contributed by atoms with Gasteiger partial charge in [-0.25, -0.2) is 0 Å². The number of nitrogens with zero attached hydrogens (tertiary/aromatic N) is 3. The average Bonchev–Trinajstić information content (AvgIpc) is 3.60. The van der Waals surface area contributed by atoms with Crippen LogP contribution in [0.3, 0.4) is 0 Å². The summed E-state index contributed by atoms with van der Waals surface area (Å²) in [6.07, 6.45) is 1.75. The minimum Gasteiger partial charge on any atom is -0.459 e. The second kappa shape index (κ2) is 11.5. The van der Waals surface area contributed by atoms with Gasteiger partial charge in [0.1, 0.15) is 17.6 Å². The number of non-ortho nitro benzene ring substituents is 1. The predicted molar refractivity (Wildman–Crippen MR) is 166 cm³/mol. The number of pyridine rings is 1. The van der Waals surface area contributed by atoms with Gasteiger partial charge in [-0.05, 0) is 85.0 Å². The van der Waals surface area contributed by atoms with Gasteiger partial charge in [-0.3, -0.25) is 15.1 Å². The number of nitrogens with one attached hydrogen (secondary N) is 1. The van der Waals surface area contributed by atoms with E-state index in [4.69, 9.17) is 39.8 Å². The van der Waals surface area contributed by atoms with Crippen LogP contribution >= 0.6 is 47.2 Å². The van der Waals surface area contributed by atoms with Crippen molar-refractivity contribution < 1.29 is 9.34 Å². The summed E-state index contributed by atoms with van der Waals surface area (Å²) >= 11 is 20.1. The van der Waals surface area contributed by atoms with Crippen LogP contribution in [0.25, 0.3) is 11.3 Å². The van der Waals surface area contributed by atoms with Crippen LogP contribution in [0.15, 0.2) is 117 Å². The molecule has 2 atom stereocenters. The lowest BCUT2D eigenvalue weighted by Crippen LogP contribution is -2.29. The highest BCUT2D eigenvalue weighted by Crippen LogP contribution is 2.44. The lowest BCUT2D eigenvalue weighted by molar-refractivity contribution is -0.384. The Labute approximate surface area is 255 Å². The van der Waals surface area contributed by atoms with Gasteiger partial charge < -0.3 is 14.6 Å². The fraction of sp³-hybridized carbons (Fsp3) is 0.0667. The first-order chi connectivity index (χ1) is 19.9. The smallest absolute Gasteiger partial charge is 0.269 e. The first kappa shape index (κ1) is 27.3. The van der Waals surface area contributed by atoms with Crippen LogP contribution in [0, 0.1) is 10.1 Å². The number of thiocarbonyl (C=S) groups is 1. The van der Waals surface area contributed by atoms with Gasteiger partial charge in [0, 0.05) is 39.4 Å². The van der Waals surface area contributed by atoms with E-state index in [0.717, 1.165) is 21.2 Å². The molecule has 11 heteroatoms. The molecule has 0 radical (unpaired) electrons. The molecule has 3 aromatic carbocycles. The Hall–Kier alpha value is -3.89. The molecular formula is C30H20Cl2N4O3S2. The van der Waals surface area contributed by atoms with Crippen molar-refractivity contribution in [2.75, 3.05) is 4.90 Å². The molecule has 204 valence electrons. The van der Waals surface area contributed by atoms with Crippen LogP contribution in [0.4, 0.5) is 11.4 Å². The van der Waals surface area contributed by atoms with Crippen LogP contribution in [0.5, 0.6) is 0 Å². The highest BCUT2D eigenvalue weighted by molar-refractivity contribution is 7.99. The van der Waals surface area contributed by atoms with Crippen molar-refractivity contribution in [2.24, 2.45) is 0 Å². The second-order valence-electron chi connectivity index (χ2n) is 9.15. The van der Waals surface area contributed by atoms with Gasteiger partial charge in [-0.15, -0.1) is 0 Å². The molecule has 0 bridgehead atoms. The van der Waals surface area contributed by atoms with Crippen molar-refractivity contribution >= 4 is 63.7 Å². The third-order valence-corrected chi connectivity index (χ3v) is 8.78. The summed E-state index contributed by atoms with van der Waals surface area (Å²) in [6, 6.07) is 28.9. The summed E-state index contributed by atoms with van der Waals surface area (Å²) in [5.41, 5.74) is 2.46. The van der Waals surface area contributed by atoms with Gasteiger partial charge >= 0.3 is 0 Å². The first-order valence-electron chi connectivity index (χ1n) is 12.5. The minimum absolute atomic E-state index is 0.0620. The van der Waals surface area contributed by atoms with Crippen LogP contribution in [0.1, 0.15) is 23.5 Å². The lowest BCUT2D eigenvalue weighted by atomic mass is 10.0. The van der Waals surface area contributed by atoms with Crippen molar-refractivity contribution in [2.45, 2.75) is 21.9 Å². The molecule has 0 aliphatic carbocycles. The standard InChI is InChI=1S/C30H20Cl2N4O3S2/c31-23-5-3-4-22(27(23)32)25-15-16-26(39-25)29-28(24-6-1-2-17-33-24)34-30(40)35(29)18-7-11-20(12-8-18)41-21-13-9-19(10-14-21)36(37)38/h1-17,28-29H,(H,34,40)/t28-,29-/m0/s1. The molecule has 1 aliphatic heterocycles. The maximum absolute atomic E-state index is 11.0. The highest BCUT2D eigenvalue weighted by Gasteiger charge is 2.42. The summed E-state index contributed by atoms with van der Waals surface area (Å²) in [7, 11) is 0. The van der Waals surface area contributed by atoms with Crippen molar-refractivity contribution in [3.8, 4) is 11.3 Å². The molecule has 1 saturated heterocycles. The van der Waals surface area contributed by atoms with Gasteiger partial charge in [0.2, 0.25) is 0 Å². The molecule has 1 N–H and O–H groups in total. The lowest BCUT2D eigenvalue weighted by Gasteiger charge is -2.26. The van der Waals surface area contributed by atoms with Crippen LogP contribution in [-0.4, -0.2) is 15.0 Å². The number of benzene rings is 3. The molecule has 0 amide bonds. The molecule has 0 spiro atoms. The Morgan fingerprint density at radius 2 is 1.66 bits per heavy atom. The normalized spacial score (nSPS) is 16.5. The van der Waals surface area contributed by atoms with Crippen LogP contribution in [0.2, 0.25) is 10.0 Å². The number of hydrogen-bond acceptors (Lipinski definition) is 6. The topological polar surface area (TPSA) is 84.4 Å². The number of nitro benzene ring substituents is 1. The largest absolute Gasteiger partial charge is 0.459 e. The number of aromatic nitrogens is 1. The Kier molecular flexibility index (Phi) is 7.68. The van der Waals surface area contributed by atoms with E-state index in [1.165, 1.54) is 23.9 Å². The summed E-state index contributed by atoms with van der Waals surface area (Å²) in [5, 5.41) is 15.8.